The second-order valence-corrected chi connectivity index (χ2v) is 3.53. The number of furan rings is 1. The molecule has 0 amide bonds. The van der Waals surface area contributed by atoms with Crippen molar-refractivity contribution in [3.8, 4) is 0 Å². The zero-order valence-electron chi connectivity index (χ0n) is 8.14. The van der Waals surface area contributed by atoms with E-state index in [1.165, 1.54) is 12.1 Å². The topological polar surface area (TPSA) is 25.2 Å². The molecule has 2 nitrogen and oxygen atoms in total. The van der Waals surface area contributed by atoms with Gasteiger partial charge in [-0.25, -0.2) is 8.78 Å². The molecule has 0 radical (unpaired) electrons. The maximum Gasteiger partial charge on any atom is 0.193 e. The Morgan fingerprint density at radius 3 is 2.69 bits per heavy atom. The fraction of sp³-hybridized carbons (Fsp3) is 0.0909. The minimum atomic E-state index is -0.903. The summed E-state index contributed by atoms with van der Waals surface area (Å²) in [7, 11) is 0. The van der Waals surface area contributed by atoms with Crippen molar-refractivity contribution in [1.29, 1.82) is 0 Å². The molecule has 0 unspecified atom stereocenters. The van der Waals surface area contributed by atoms with Crippen LogP contribution in [0.5, 0.6) is 0 Å². The number of rotatable bonds is 3. The summed E-state index contributed by atoms with van der Waals surface area (Å²) in [6.07, 6.45) is 0. The minimum Gasteiger partial charge on any atom is -0.448 e. The molecule has 0 aliphatic heterocycles. The van der Waals surface area contributed by atoms with Gasteiger partial charge in [0.1, 0.15) is 5.76 Å². The smallest absolute Gasteiger partial charge is 0.193 e. The normalized spacial score (nSPS) is 10.4. The average Bonchev–Trinajstić information content (AvgIpc) is 2.67. The van der Waals surface area contributed by atoms with Crippen LogP contribution in [0.25, 0.3) is 0 Å². The molecule has 84 valence electrons. The van der Waals surface area contributed by atoms with Crippen molar-refractivity contribution in [2.75, 3.05) is 5.32 Å². The van der Waals surface area contributed by atoms with Gasteiger partial charge in [-0.1, -0.05) is 6.07 Å². The Morgan fingerprint density at radius 1 is 1.19 bits per heavy atom. The van der Waals surface area contributed by atoms with Crippen LogP contribution in [0.3, 0.4) is 0 Å². The zero-order chi connectivity index (χ0) is 11.5. The molecule has 0 aliphatic rings. The molecule has 1 aromatic heterocycles. The minimum absolute atomic E-state index is 0.0903. The van der Waals surface area contributed by atoms with Crippen LogP contribution in [0.2, 0.25) is 5.22 Å². The summed E-state index contributed by atoms with van der Waals surface area (Å²) in [5.74, 6) is -1.24. The van der Waals surface area contributed by atoms with Crippen molar-refractivity contribution in [1.82, 2.24) is 0 Å². The van der Waals surface area contributed by atoms with Crippen LogP contribution in [0.1, 0.15) is 5.76 Å². The molecule has 16 heavy (non-hydrogen) atoms. The van der Waals surface area contributed by atoms with Crippen LogP contribution in [0.15, 0.2) is 34.7 Å². The molecule has 5 heteroatoms. The van der Waals surface area contributed by atoms with Crippen LogP contribution >= 0.6 is 11.6 Å². The van der Waals surface area contributed by atoms with Gasteiger partial charge in [0.05, 0.1) is 12.2 Å². The summed E-state index contributed by atoms with van der Waals surface area (Å²) in [5, 5.41) is 2.98. The number of anilines is 1. The monoisotopic (exact) mass is 243 g/mol. The number of hydrogen-bond donors (Lipinski definition) is 1. The Kier molecular flexibility index (Phi) is 3.10. The van der Waals surface area contributed by atoms with Gasteiger partial charge in [0.25, 0.3) is 0 Å². The first-order chi connectivity index (χ1) is 7.66. The van der Waals surface area contributed by atoms with E-state index in [9.17, 15) is 8.78 Å². The predicted octanol–water partition coefficient (Wildman–Crippen LogP) is 3.82. The third kappa shape index (κ3) is 2.33. The highest BCUT2D eigenvalue weighted by Crippen LogP contribution is 2.19. The van der Waals surface area contributed by atoms with E-state index in [0.29, 0.717) is 5.76 Å². The lowest BCUT2D eigenvalue weighted by Crippen LogP contribution is -2.01. The van der Waals surface area contributed by atoms with E-state index in [-0.39, 0.29) is 17.5 Å². The number of halogens is 3. The molecule has 2 rings (SSSR count). The SMILES string of the molecule is Fc1cccc(NCc2ccc(Cl)o2)c1F. The van der Waals surface area contributed by atoms with E-state index in [0.717, 1.165) is 6.07 Å². The summed E-state index contributed by atoms with van der Waals surface area (Å²) in [5.41, 5.74) is 0.0903. The fourth-order valence-electron chi connectivity index (χ4n) is 1.27. The Labute approximate surface area is 95.8 Å². The van der Waals surface area contributed by atoms with Gasteiger partial charge in [-0.15, -0.1) is 0 Å². The van der Waals surface area contributed by atoms with E-state index >= 15 is 0 Å². The summed E-state index contributed by atoms with van der Waals surface area (Å²) in [6.45, 7) is 0.243. The van der Waals surface area contributed by atoms with Crippen molar-refractivity contribution in [3.05, 3.63) is 52.9 Å². The Hall–Kier alpha value is -1.55. The Balaban J connectivity index is 2.07. The molecular weight excluding hydrogens is 236 g/mol. The lowest BCUT2D eigenvalue weighted by molar-refractivity contribution is 0.505. The highest BCUT2D eigenvalue weighted by atomic mass is 35.5. The molecule has 0 fully saturated rings. The highest BCUT2D eigenvalue weighted by Gasteiger charge is 2.07. The molecule has 0 saturated carbocycles. The van der Waals surface area contributed by atoms with Crippen molar-refractivity contribution in [2.45, 2.75) is 6.54 Å². The van der Waals surface area contributed by atoms with Gasteiger partial charge >= 0.3 is 0 Å². The van der Waals surface area contributed by atoms with Crippen molar-refractivity contribution in [2.24, 2.45) is 0 Å². The molecule has 1 aromatic carbocycles. The van der Waals surface area contributed by atoms with Gasteiger partial charge in [0, 0.05) is 0 Å². The molecule has 0 saturated heterocycles. The highest BCUT2D eigenvalue weighted by molar-refractivity contribution is 6.28. The maximum atomic E-state index is 13.2. The summed E-state index contributed by atoms with van der Waals surface area (Å²) < 4.78 is 31.1. The zero-order valence-corrected chi connectivity index (χ0v) is 8.89. The van der Waals surface area contributed by atoms with Crippen LogP contribution < -0.4 is 5.32 Å². The summed E-state index contributed by atoms with van der Waals surface area (Å²) >= 11 is 5.57. The van der Waals surface area contributed by atoms with E-state index in [1.807, 2.05) is 0 Å². The molecule has 1 N–H and O–H groups in total. The van der Waals surface area contributed by atoms with Crippen molar-refractivity contribution < 1.29 is 13.2 Å². The molecular formula is C11H8ClF2NO. The van der Waals surface area contributed by atoms with Crippen LogP contribution in [0, 0.1) is 11.6 Å². The van der Waals surface area contributed by atoms with E-state index < -0.39 is 11.6 Å². The van der Waals surface area contributed by atoms with Gasteiger partial charge < -0.3 is 9.73 Å². The number of hydrogen-bond acceptors (Lipinski definition) is 2. The molecule has 1 heterocycles. The molecule has 0 aliphatic carbocycles. The lowest BCUT2D eigenvalue weighted by atomic mass is 10.3. The average molecular weight is 244 g/mol. The summed E-state index contributed by atoms with van der Waals surface area (Å²) in [4.78, 5) is 0. The molecule has 0 atom stereocenters. The molecule has 0 spiro atoms. The first-order valence-corrected chi connectivity index (χ1v) is 4.96. The molecule has 0 bridgehead atoms. The van der Waals surface area contributed by atoms with Gasteiger partial charge in [-0.2, -0.15) is 0 Å². The van der Waals surface area contributed by atoms with E-state index in [2.05, 4.69) is 5.32 Å². The van der Waals surface area contributed by atoms with Crippen molar-refractivity contribution >= 4 is 17.3 Å². The van der Waals surface area contributed by atoms with Gasteiger partial charge in [0.2, 0.25) is 0 Å². The maximum absolute atomic E-state index is 13.2. The van der Waals surface area contributed by atoms with Crippen LogP contribution in [-0.4, -0.2) is 0 Å². The number of nitrogens with one attached hydrogen (secondary N) is 1. The summed E-state index contributed by atoms with van der Waals surface area (Å²) in [6, 6.07) is 7.18. The standard InChI is InChI=1S/C11H8ClF2NO/c12-10-5-4-7(16-10)6-15-9-3-1-2-8(13)11(9)14/h1-5,15H,6H2. The second-order valence-electron chi connectivity index (χ2n) is 3.16. The Morgan fingerprint density at radius 2 is 2.00 bits per heavy atom. The van der Waals surface area contributed by atoms with Gasteiger partial charge in [0.15, 0.2) is 16.9 Å². The number of benzene rings is 1. The van der Waals surface area contributed by atoms with E-state index in [1.54, 1.807) is 12.1 Å². The molecule has 2 aromatic rings. The fourth-order valence-corrected chi connectivity index (χ4v) is 1.43. The Bertz CT molecular complexity index is 498. The quantitative estimate of drug-likeness (QED) is 0.887. The van der Waals surface area contributed by atoms with Crippen molar-refractivity contribution in [3.63, 3.8) is 0 Å². The van der Waals surface area contributed by atoms with Gasteiger partial charge in [-0.3, -0.25) is 0 Å². The third-order valence-corrected chi connectivity index (χ3v) is 2.24. The largest absolute Gasteiger partial charge is 0.448 e. The third-order valence-electron chi connectivity index (χ3n) is 2.03. The first kappa shape index (κ1) is 11.0. The van der Waals surface area contributed by atoms with Crippen LogP contribution in [-0.2, 0) is 6.54 Å². The second kappa shape index (κ2) is 4.53. The first-order valence-electron chi connectivity index (χ1n) is 4.59. The predicted molar refractivity (Wildman–Crippen MR) is 57.4 cm³/mol. The van der Waals surface area contributed by atoms with Crippen LogP contribution in [0.4, 0.5) is 14.5 Å². The van der Waals surface area contributed by atoms with E-state index in [4.69, 9.17) is 16.0 Å². The van der Waals surface area contributed by atoms with Gasteiger partial charge in [-0.05, 0) is 35.9 Å². The lowest BCUT2D eigenvalue weighted by Gasteiger charge is -2.05.